The number of hydrogen-bond donors (Lipinski definition) is 2. The number of benzene rings is 1. The number of urea groups is 1. The molecule has 1 saturated heterocycles. The highest BCUT2D eigenvalue weighted by Gasteiger charge is 2.29. The van der Waals surface area contributed by atoms with Crippen molar-refractivity contribution in [2.75, 3.05) is 11.9 Å². The highest BCUT2D eigenvalue weighted by molar-refractivity contribution is 6.22. The number of hydrogen-bond acceptors (Lipinski definition) is 4. The van der Waals surface area contributed by atoms with Gasteiger partial charge < -0.3 is 10.2 Å². The van der Waals surface area contributed by atoms with E-state index in [4.69, 9.17) is 0 Å². The topological polar surface area (TPSA) is 91.4 Å². The number of carbonyl (C=O) groups excluding carboxylic acids is 3. The zero-order valence-electron chi connectivity index (χ0n) is 14.8. The number of pyridine rings is 1. The average molecular weight is 364 g/mol. The Kier molecular flexibility index (Phi) is 4.58. The zero-order chi connectivity index (χ0) is 18.8. The SMILES string of the molecule is O=C1NC(=O)c2cc(NC(=O)N3CCCCC[C@H]3c3ccncc3)ccc21. The number of imide groups is 1. The van der Waals surface area contributed by atoms with Gasteiger partial charge in [0.25, 0.3) is 11.8 Å². The Morgan fingerprint density at radius 3 is 2.63 bits per heavy atom. The van der Waals surface area contributed by atoms with Crippen molar-refractivity contribution in [2.24, 2.45) is 0 Å². The molecule has 138 valence electrons. The summed E-state index contributed by atoms with van der Waals surface area (Å²) < 4.78 is 0. The Hall–Kier alpha value is -3.22. The lowest BCUT2D eigenvalue weighted by Gasteiger charge is -2.30. The van der Waals surface area contributed by atoms with Crippen LogP contribution in [0.15, 0.2) is 42.7 Å². The monoisotopic (exact) mass is 364 g/mol. The van der Waals surface area contributed by atoms with Crippen molar-refractivity contribution in [2.45, 2.75) is 31.7 Å². The molecule has 0 aliphatic carbocycles. The summed E-state index contributed by atoms with van der Waals surface area (Å²) in [5.41, 5.74) is 2.20. The van der Waals surface area contributed by atoms with Gasteiger partial charge in [-0.2, -0.15) is 0 Å². The van der Waals surface area contributed by atoms with E-state index in [1.54, 1.807) is 30.6 Å². The Morgan fingerprint density at radius 1 is 1.04 bits per heavy atom. The molecule has 1 aromatic heterocycles. The summed E-state index contributed by atoms with van der Waals surface area (Å²) in [6.07, 6.45) is 7.50. The first-order chi connectivity index (χ1) is 13.1. The number of rotatable bonds is 2. The van der Waals surface area contributed by atoms with Crippen molar-refractivity contribution in [1.29, 1.82) is 0 Å². The van der Waals surface area contributed by atoms with Gasteiger partial charge in [0, 0.05) is 24.6 Å². The summed E-state index contributed by atoms with van der Waals surface area (Å²) in [7, 11) is 0. The summed E-state index contributed by atoms with van der Waals surface area (Å²) in [4.78, 5) is 42.4. The zero-order valence-corrected chi connectivity index (χ0v) is 14.8. The molecule has 3 heterocycles. The number of aromatic nitrogens is 1. The maximum absolute atomic E-state index is 13.0. The van der Waals surface area contributed by atoms with Gasteiger partial charge in [-0.15, -0.1) is 0 Å². The van der Waals surface area contributed by atoms with Crippen LogP contribution in [-0.2, 0) is 0 Å². The maximum Gasteiger partial charge on any atom is 0.322 e. The summed E-state index contributed by atoms with van der Waals surface area (Å²) in [5.74, 6) is -0.839. The summed E-state index contributed by atoms with van der Waals surface area (Å²) in [6, 6.07) is 8.44. The van der Waals surface area contributed by atoms with Crippen molar-refractivity contribution in [3.63, 3.8) is 0 Å². The molecular weight excluding hydrogens is 344 g/mol. The molecule has 2 aliphatic rings. The van der Waals surface area contributed by atoms with Crippen LogP contribution in [-0.4, -0.2) is 34.3 Å². The van der Waals surface area contributed by atoms with E-state index >= 15 is 0 Å². The van der Waals surface area contributed by atoms with E-state index in [-0.39, 0.29) is 12.1 Å². The van der Waals surface area contributed by atoms with Gasteiger partial charge in [0.2, 0.25) is 0 Å². The first kappa shape index (κ1) is 17.2. The average Bonchev–Trinajstić information content (AvgIpc) is 2.86. The summed E-state index contributed by atoms with van der Waals surface area (Å²) in [6.45, 7) is 0.669. The third-order valence-corrected chi connectivity index (χ3v) is 5.09. The number of carbonyl (C=O) groups is 3. The van der Waals surface area contributed by atoms with Crippen molar-refractivity contribution in [1.82, 2.24) is 15.2 Å². The summed E-state index contributed by atoms with van der Waals surface area (Å²) >= 11 is 0. The molecule has 27 heavy (non-hydrogen) atoms. The van der Waals surface area contributed by atoms with Crippen LogP contribution in [0.1, 0.15) is 58.0 Å². The smallest absolute Gasteiger partial charge is 0.317 e. The van der Waals surface area contributed by atoms with Gasteiger partial charge in [-0.25, -0.2) is 4.79 Å². The fourth-order valence-electron chi connectivity index (χ4n) is 3.72. The van der Waals surface area contributed by atoms with Crippen molar-refractivity contribution in [3.05, 3.63) is 59.4 Å². The highest BCUT2D eigenvalue weighted by atomic mass is 16.2. The predicted molar refractivity (Wildman–Crippen MR) is 99.4 cm³/mol. The summed E-state index contributed by atoms with van der Waals surface area (Å²) in [5, 5.41) is 5.14. The van der Waals surface area contributed by atoms with Crippen LogP contribution >= 0.6 is 0 Å². The maximum atomic E-state index is 13.0. The normalized spacial score (nSPS) is 19.3. The third-order valence-electron chi connectivity index (χ3n) is 5.09. The number of nitrogens with zero attached hydrogens (tertiary/aromatic N) is 2. The van der Waals surface area contributed by atoms with E-state index in [1.165, 1.54) is 0 Å². The number of amides is 4. The minimum atomic E-state index is -0.435. The molecule has 0 radical (unpaired) electrons. The van der Waals surface area contributed by atoms with Crippen LogP contribution in [0, 0.1) is 0 Å². The Balaban J connectivity index is 1.57. The van der Waals surface area contributed by atoms with E-state index in [0.29, 0.717) is 23.4 Å². The Labute approximate surface area is 156 Å². The number of likely N-dealkylation sites (tertiary alicyclic amines) is 1. The molecule has 2 aliphatic heterocycles. The lowest BCUT2D eigenvalue weighted by molar-refractivity contribution is 0.0879. The number of nitrogens with one attached hydrogen (secondary N) is 2. The molecule has 2 N–H and O–H groups in total. The lowest BCUT2D eigenvalue weighted by Crippen LogP contribution is -2.38. The van der Waals surface area contributed by atoms with Gasteiger partial charge >= 0.3 is 6.03 Å². The standard InChI is InChI=1S/C20H20N4O3/c25-18-15-6-5-14(12-16(15)19(26)23-18)22-20(27)24-11-3-1-2-4-17(24)13-7-9-21-10-8-13/h5-10,12,17H,1-4,11H2,(H,22,27)(H,23,25,26)/t17-/m0/s1. The first-order valence-electron chi connectivity index (χ1n) is 9.11. The second-order valence-corrected chi connectivity index (χ2v) is 6.81. The molecular formula is C20H20N4O3. The molecule has 1 aromatic carbocycles. The number of fused-ring (bicyclic) bond motifs is 1. The van der Waals surface area contributed by atoms with Crippen LogP contribution in [0.4, 0.5) is 10.5 Å². The van der Waals surface area contributed by atoms with Gasteiger partial charge in [0.05, 0.1) is 17.2 Å². The van der Waals surface area contributed by atoms with Crippen molar-refractivity contribution in [3.8, 4) is 0 Å². The van der Waals surface area contributed by atoms with Crippen LogP contribution < -0.4 is 10.6 Å². The molecule has 1 atom stereocenters. The third kappa shape index (κ3) is 3.40. The molecule has 7 heteroatoms. The Morgan fingerprint density at radius 2 is 1.81 bits per heavy atom. The second kappa shape index (κ2) is 7.19. The molecule has 4 amide bonds. The fraction of sp³-hybridized carbons (Fsp3) is 0.300. The number of anilines is 1. The van der Waals surface area contributed by atoms with Gasteiger partial charge in [0.1, 0.15) is 0 Å². The van der Waals surface area contributed by atoms with Crippen LogP contribution in [0.5, 0.6) is 0 Å². The minimum absolute atomic E-state index is 0.00481. The van der Waals surface area contributed by atoms with Crippen LogP contribution in [0.25, 0.3) is 0 Å². The van der Waals surface area contributed by atoms with E-state index < -0.39 is 11.8 Å². The van der Waals surface area contributed by atoms with Gasteiger partial charge in [-0.3, -0.25) is 19.9 Å². The molecule has 7 nitrogen and oxygen atoms in total. The molecule has 0 spiro atoms. The minimum Gasteiger partial charge on any atom is -0.317 e. The van der Waals surface area contributed by atoms with Crippen LogP contribution in [0.3, 0.4) is 0 Å². The Bertz CT molecular complexity index is 897. The van der Waals surface area contributed by atoms with Crippen molar-refractivity contribution < 1.29 is 14.4 Å². The van der Waals surface area contributed by atoms with Crippen molar-refractivity contribution >= 4 is 23.5 Å². The molecule has 1 fully saturated rings. The quantitative estimate of drug-likeness (QED) is 0.801. The molecule has 0 bridgehead atoms. The molecule has 0 saturated carbocycles. The van der Waals surface area contributed by atoms with Gasteiger partial charge in [-0.05, 0) is 48.7 Å². The van der Waals surface area contributed by atoms with E-state index in [0.717, 1.165) is 31.2 Å². The molecule has 4 rings (SSSR count). The van der Waals surface area contributed by atoms with Gasteiger partial charge in [0.15, 0.2) is 0 Å². The van der Waals surface area contributed by atoms with E-state index in [2.05, 4.69) is 15.6 Å². The lowest BCUT2D eigenvalue weighted by atomic mass is 10.0. The molecule has 0 unspecified atom stereocenters. The van der Waals surface area contributed by atoms with Crippen LogP contribution in [0.2, 0.25) is 0 Å². The second-order valence-electron chi connectivity index (χ2n) is 6.81. The molecule has 2 aromatic rings. The highest BCUT2D eigenvalue weighted by Crippen LogP contribution is 2.30. The first-order valence-corrected chi connectivity index (χ1v) is 9.11. The predicted octanol–water partition coefficient (Wildman–Crippen LogP) is 3.11. The van der Waals surface area contributed by atoms with E-state index in [1.807, 2.05) is 17.0 Å². The largest absolute Gasteiger partial charge is 0.322 e. The fourth-order valence-corrected chi connectivity index (χ4v) is 3.72. The van der Waals surface area contributed by atoms with Gasteiger partial charge in [-0.1, -0.05) is 12.8 Å². The van der Waals surface area contributed by atoms with E-state index in [9.17, 15) is 14.4 Å².